The molecule has 0 atom stereocenters. The van der Waals surface area contributed by atoms with Crippen LogP contribution >= 0.6 is 0 Å². The molecule has 3 heteroatoms. The number of ether oxygens (including phenoxy) is 1. The highest BCUT2D eigenvalue weighted by molar-refractivity contribution is 5.96. The molecule has 0 saturated carbocycles. The van der Waals surface area contributed by atoms with Crippen molar-refractivity contribution in [3.63, 3.8) is 0 Å². The molecule has 1 heterocycles. The molecule has 15 heavy (non-hydrogen) atoms. The van der Waals surface area contributed by atoms with Crippen molar-refractivity contribution < 1.29 is 9.53 Å². The summed E-state index contributed by atoms with van der Waals surface area (Å²) in [4.78, 5) is 11.6. The molecule has 0 amide bonds. The van der Waals surface area contributed by atoms with Crippen LogP contribution in [0.3, 0.4) is 0 Å². The molecule has 0 bridgehead atoms. The lowest BCUT2D eigenvalue weighted by Gasteiger charge is -2.05. The molecule has 0 aliphatic carbocycles. The van der Waals surface area contributed by atoms with Gasteiger partial charge in [0.2, 0.25) is 5.78 Å². The lowest BCUT2D eigenvalue weighted by atomic mass is 10.2. The molecule has 1 aliphatic heterocycles. The Balaban J connectivity index is 1.86. The van der Waals surface area contributed by atoms with Gasteiger partial charge < -0.3 is 10.1 Å². The number of benzene rings is 1. The quantitative estimate of drug-likeness (QED) is 0.813. The van der Waals surface area contributed by atoms with Crippen LogP contribution in [0.4, 0.5) is 5.69 Å². The zero-order valence-corrected chi connectivity index (χ0v) is 8.40. The van der Waals surface area contributed by atoms with E-state index in [0.29, 0.717) is 12.4 Å². The smallest absolute Gasteiger partial charge is 0.215 e. The summed E-state index contributed by atoms with van der Waals surface area (Å²) in [5, 5.41) is 3.05. The van der Waals surface area contributed by atoms with E-state index in [-0.39, 0.29) is 12.3 Å². The molecule has 1 aliphatic rings. The fourth-order valence-electron chi connectivity index (χ4n) is 1.44. The molecule has 2 rings (SSSR count). The van der Waals surface area contributed by atoms with Crippen molar-refractivity contribution in [2.24, 2.45) is 0 Å². The van der Waals surface area contributed by atoms with E-state index in [9.17, 15) is 4.79 Å². The molecule has 1 aromatic rings. The Morgan fingerprint density at radius 1 is 1.33 bits per heavy atom. The normalized spacial score (nSPS) is 14.3. The number of ketones is 1. The third-order valence-electron chi connectivity index (χ3n) is 2.21. The number of Topliss-reactive ketones (excluding diaryl/α,β-unsaturated/α-hetero) is 1. The predicted molar refractivity (Wildman–Crippen MR) is 58.6 cm³/mol. The summed E-state index contributed by atoms with van der Waals surface area (Å²) in [6.07, 6.45) is 2.68. The van der Waals surface area contributed by atoms with Gasteiger partial charge in [-0.15, -0.1) is 0 Å². The summed E-state index contributed by atoms with van der Waals surface area (Å²) in [5.41, 5.74) is 0.949. The van der Waals surface area contributed by atoms with Gasteiger partial charge in [0.1, 0.15) is 0 Å². The van der Waals surface area contributed by atoms with Crippen LogP contribution in [0.1, 0.15) is 6.42 Å². The Morgan fingerprint density at radius 2 is 2.13 bits per heavy atom. The number of carbonyl (C=O) groups is 1. The summed E-state index contributed by atoms with van der Waals surface area (Å²) in [7, 11) is 0. The van der Waals surface area contributed by atoms with Crippen LogP contribution in [0.2, 0.25) is 0 Å². The maximum atomic E-state index is 11.6. The zero-order valence-electron chi connectivity index (χ0n) is 8.40. The number of para-hydroxylation sites is 1. The van der Waals surface area contributed by atoms with Crippen molar-refractivity contribution in [3.8, 4) is 0 Å². The molecule has 1 N–H and O–H groups in total. The Hall–Kier alpha value is -1.77. The second-order valence-electron chi connectivity index (χ2n) is 3.35. The van der Waals surface area contributed by atoms with Crippen molar-refractivity contribution in [1.82, 2.24) is 0 Å². The van der Waals surface area contributed by atoms with Crippen LogP contribution in [0, 0.1) is 0 Å². The van der Waals surface area contributed by atoms with Gasteiger partial charge in [0.15, 0.2) is 5.76 Å². The minimum Gasteiger partial charge on any atom is -0.490 e. The largest absolute Gasteiger partial charge is 0.490 e. The van der Waals surface area contributed by atoms with Gasteiger partial charge in [-0.2, -0.15) is 0 Å². The van der Waals surface area contributed by atoms with Crippen molar-refractivity contribution in [1.29, 1.82) is 0 Å². The number of hydrogen-bond donors (Lipinski definition) is 1. The van der Waals surface area contributed by atoms with E-state index in [0.717, 1.165) is 12.1 Å². The summed E-state index contributed by atoms with van der Waals surface area (Å²) in [6, 6.07) is 9.65. The highest BCUT2D eigenvalue weighted by Crippen LogP contribution is 2.11. The van der Waals surface area contributed by atoms with Gasteiger partial charge in [0.25, 0.3) is 0 Å². The maximum Gasteiger partial charge on any atom is 0.215 e. The number of rotatable bonds is 4. The molecule has 0 saturated heterocycles. The third kappa shape index (κ3) is 2.59. The van der Waals surface area contributed by atoms with Gasteiger partial charge in [0.05, 0.1) is 13.2 Å². The van der Waals surface area contributed by atoms with E-state index >= 15 is 0 Å². The van der Waals surface area contributed by atoms with E-state index in [1.54, 1.807) is 0 Å². The standard InChI is InChI=1S/C12H13NO2/c14-11(12-7-4-8-15-12)9-13-10-5-2-1-3-6-10/h1-3,5-7,13H,4,8-9H2. The summed E-state index contributed by atoms with van der Waals surface area (Å²) < 4.78 is 5.17. The summed E-state index contributed by atoms with van der Waals surface area (Å²) in [6.45, 7) is 0.919. The second-order valence-corrected chi connectivity index (χ2v) is 3.35. The maximum absolute atomic E-state index is 11.6. The molecule has 0 aromatic heterocycles. The van der Waals surface area contributed by atoms with Crippen molar-refractivity contribution in [3.05, 3.63) is 42.2 Å². The number of anilines is 1. The van der Waals surface area contributed by atoms with Crippen LogP contribution in [0.25, 0.3) is 0 Å². The average Bonchev–Trinajstić information content (AvgIpc) is 2.81. The topological polar surface area (TPSA) is 38.3 Å². The van der Waals surface area contributed by atoms with Crippen LogP contribution in [-0.4, -0.2) is 18.9 Å². The van der Waals surface area contributed by atoms with Gasteiger partial charge in [-0.3, -0.25) is 4.79 Å². The highest BCUT2D eigenvalue weighted by atomic mass is 16.5. The van der Waals surface area contributed by atoms with E-state index < -0.39 is 0 Å². The van der Waals surface area contributed by atoms with Crippen molar-refractivity contribution >= 4 is 11.5 Å². The average molecular weight is 203 g/mol. The highest BCUT2D eigenvalue weighted by Gasteiger charge is 2.13. The Morgan fingerprint density at radius 3 is 2.80 bits per heavy atom. The number of hydrogen-bond acceptors (Lipinski definition) is 3. The van der Waals surface area contributed by atoms with Gasteiger partial charge in [-0.1, -0.05) is 18.2 Å². The van der Waals surface area contributed by atoms with E-state index in [1.807, 2.05) is 36.4 Å². The fraction of sp³-hybridized carbons (Fsp3) is 0.250. The SMILES string of the molecule is O=C(CNc1ccccc1)C1=CCCO1. The Labute approximate surface area is 88.8 Å². The van der Waals surface area contributed by atoms with E-state index in [2.05, 4.69) is 5.32 Å². The summed E-state index contributed by atoms with van der Waals surface area (Å²) in [5.74, 6) is 0.509. The monoisotopic (exact) mass is 203 g/mol. The molecule has 3 nitrogen and oxygen atoms in total. The van der Waals surface area contributed by atoms with Gasteiger partial charge in [-0.05, 0) is 18.2 Å². The van der Waals surface area contributed by atoms with Gasteiger partial charge in [0, 0.05) is 12.1 Å². The van der Waals surface area contributed by atoms with Crippen molar-refractivity contribution in [2.45, 2.75) is 6.42 Å². The first-order valence-electron chi connectivity index (χ1n) is 5.01. The molecule has 0 radical (unpaired) electrons. The second kappa shape index (κ2) is 4.64. The lowest BCUT2D eigenvalue weighted by Crippen LogP contribution is -2.16. The predicted octanol–water partition coefficient (Wildman–Crippen LogP) is 1.97. The summed E-state index contributed by atoms with van der Waals surface area (Å²) >= 11 is 0. The van der Waals surface area contributed by atoms with Gasteiger partial charge >= 0.3 is 0 Å². The van der Waals surface area contributed by atoms with Crippen LogP contribution in [-0.2, 0) is 9.53 Å². The molecule has 78 valence electrons. The number of nitrogens with one attached hydrogen (secondary N) is 1. The minimum absolute atomic E-state index is 0.0105. The molecule has 0 spiro atoms. The Bertz CT molecular complexity index is 370. The van der Waals surface area contributed by atoms with Gasteiger partial charge in [-0.25, -0.2) is 0 Å². The first-order chi connectivity index (χ1) is 7.36. The van der Waals surface area contributed by atoms with Crippen molar-refractivity contribution in [2.75, 3.05) is 18.5 Å². The minimum atomic E-state index is 0.0105. The first kappa shape index (κ1) is 9.77. The third-order valence-corrected chi connectivity index (χ3v) is 2.21. The fourth-order valence-corrected chi connectivity index (χ4v) is 1.44. The number of carbonyl (C=O) groups excluding carboxylic acids is 1. The molecule has 0 unspecified atom stereocenters. The molecule has 1 aromatic carbocycles. The molecular weight excluding hydrogens is 190 g/mol. The molecular formula is C12H13NO2. The van der Waals surface area contributed by atoms with E-state index in [1.165, 1.54) is 0 Å². The van der Waals surface area contributed by atoms with Crippen LogP contribution < -0.4 is 5.32 Å². The van der Waals surface area contributed by atoms with Crippen LogP contribution in [0.15, 0.2) is 42.2 Å². The van der Waals surface area contributed by atoms with Crippen LogP contribution in [0.5, 0.6) is 0 Å². The Kier molecular flexibility index (Phi) is 3.02. The van der Waals surface area contributed by atoms with E-state index in [4.69, 9.17) is 4.74 Å². The first-order valence-corrected chi connectivity index (χ1v) is 5.01. The lowest BCUT2D eigenvalue weighted by molar-refractivity contribution is -0.116. The zero-order chi connectivity index (χ0) is 10.5. The molecule has 0 fully saturated rings.